The van der Waals surface area contributed by atoms with E-state index in [1.807, 2.05) is 55.5 Å². The molecule has 3 aromatic rings. The quantitative estimate of drug-likeness (QED) is 0.620. The summed E-state index contributed by atoms with van der Waals surface area (Å²) >= 11 is 0. The lowest BCUT2D eigenvalue weighted by atomic mass is 9.88. The number of hydrogen-bond acceptors (Lipinski definition) is 4. The maximum Gasteiger partial charge on any atom is 0.247 e. The summed E-state index contributed by atoms with van der Waals surface area (Å²) in [5, 5.41) is 5.89. The zero-order valence-corrected chi connectivity index (χ0v) is 17.4. The van der Waals surface area contributed by atoms with Gasteiger partial charge in [-0.3, -0.25) is 4.79 Å². The third kappa shape index (κ3) is 3.54. The minimum atomic E-state index is -0.0106. The van der Waals surface area contributed by atoms with E-state index in [9.17, 15) is 4.79 Å². The fraction of sp³-hybridized carbons (Fsp3) is 0.200. The van der Waals surface area contributed by atoms with Crippen LogP contribution in [0.1, 0.15) is 18.1 Å². The molecular weight excluding hydrogens is 376 g/mol. The lowest BCUT2D eigenvalue weighted by Gasteiger charge is -2.18. The van der Waals surface area contributed by atoms with Crippen molar-refractivity contribution in [2.45, 2.75) is 13.3 Å². The van der Waals surface area contributed by atoms with Crippen molar-refractivity contribution in [3.63, 3.8) is 0 Å². The molecule has 0 saturated heterocycles. The van der Waals surface area contributed by atoms with Gasteiger partial charge >= 0.3 is 0 Å². The molecule has 1 aliphatic rings. The van der Waals surface area contributed by atoms with E-state index in [4.69, 9.17) is 9.47 Å². The van der Waals surface area contributed by atoms with Gasteiger partial charge in [0.05, 0.1) is 26.9 Å². The Morgan fingerprint density at radius 1 is 0.867 bits per heavy atom. The number of amides is 1. The number of likely N-dealkylation sites (N-methyl/N-ethyl adjacent to an activating group) is 1. The second-order valence-corrected chi connectivity index (χ2v) is 7.03. The SMILES string of the molecule is CCN1N=Cc2cc(-c3ccccc3OC)c(-c3ccccc3OC)cc2CC1=O. The predicted octanol–water partition coefficient (Wildman–Crippen LogP) is 4.78. The zero-order chi connectivity index (χ0) is 21.1. The first-order valence-electron chi connectivity index (χ1n) is 9.94. The molecule has 30 heavy (non-hydrogen) atoms. The Labute approximate surface area is 176 Å². The molecule has 0 saturated carbocycles. The highest BCUT2D eigenvalue weighted by Gasteiger charge is 2.22. The van der Waals surface area contributed by atoms with Crippen LogP contribution >= 0.6 is 0 Å². The minimum absolute atomic E-state index is 0.0106. The topological polar surface area (TPSA) is 51.1 Å². The van der Waals surface area contributed by atoms with Crippen LogP contribution in [0.2, 0.25) is 0 Å². The molecule has 5 heteroatoms. The van der Waals surface area contributed by atoms with Crippen molar-refractivity contribution in [3.05, 3.63) is 71.8 Å². The Morgan fingerprint density at radius 3 is 2.00 bits per heavy atom. The van der Waals surface area contributed by atoms with Gasteiger partial charge in [-0.25, -0.2) is 5.01 Å². The van der Waals surface area contributed by atoms with E-state index in [-0.39, 0.29) is 5.91 Å². The molecule has 0 aliphatic carbocycles. The standard InChI is InChI=1S/C25H24N2O3/c1-4-27-25(28)15-17-13-21(19-9-5-7-11-23(19)29-2)22(14-18(17)16-26-27)20-10-6-8-12-24(20)30-3/h5-14,16H,4,15H2,1-3H3. The molecule has 0 atom stereocenters. The van der Waals surface area contributed by atoms with Crippen molar-refractivity contribution in [1.82, 2.24) is 5.01 Å². The number of carbonyl (C=O) groups excluding carboxylic acids is 1. The summed E-state index contributed by atoms with van der Waals surface area (Å²) in [6.45, 7) is 2.47. The molecule has 1 heterocycles. The van der Waals surface area contributed by atoms with E-state index < -0.39 is 0 Å². The average molecular weight is 400 g/mol. The lowest BCUT2D eigenvalue weighted by molar-refractivity contribution is -0.130. The zero-order valence-electron chi connectivity index (χ0n) is 17.4. The Bertz CT molecular complexity index is 1120. The van der Waals surface area contributed by atoms with E-state index in [0.717, 1.165) is 44.9 Å². The number of nitrogens with zero attached hydrogens (tertiary/aromatic N) is 2. The first-order chi connectivity index (χ1) is 14.7. The Kier molecular flexibility index (Phi) is 5.53. The Balaban J connectivity index is 2.00. The number of carbonyl (C=O) groups is 1. The molecule has 1 amide bonds. The Hall–Kier alpha value is -3.60. The fourth-order valence-electron chi connectivity index (χ4n) is 3.82. The number of hydrogen-bond donors (Lipinski definition) is 0. The summed E-state index contributed by atoms with van der Waals surface area (Å²) < 4.78 is 11.3. The molecule has 0 fully saturated rings. The van der Waals surface area contributed by atoms with Gasteiger partial charge in [0.2, 0.25) is 5.91 Å². The van der Waals surface area contributed by atoms with Crippen LogP contribution in [-0.4, -0.2) is 37.9 Å². The van der Waals surface area contributed by atoms with Crippen molar-refractivity contribution in [1.29, 1.82) is 0 Å². The maximum absolute atomic E-state index is 12.6. The van der Waals surface area contributed by atoms with Crippen molar-refractivity contribution in [2.24, 2.45) is 5.10 Å². The lowest BCUT2D eigenvalue weighted by Crippen LogP contribution is -2.25. The highest BCUT2D eigenvalue weighted by Crippen LogP contribution is 2.42. The highest BCUT2D eigenvalue weighted by molar-refractivity contribution is 5.96. The van der Waals surface area contributed by atoms with Gasteiger partial charge in [-0.2, -0.15) is 5.10 Å². The van der Waals surface area contributed by atoms with E-state index in [1.54, 1.807) is 20.4 Å². The molecule has 4 rings (SSSR count). The van der Waals surface area contributed by atoms with Crippen LogP contribution in [0.5, 0.6) is 11.5 Å². The number of ether oxygens (including phenoxy) is 2. The molecule has 0 unspecified atom stereocenters. The summed E-state index contributed by atoms with van der Waals surface area (Å²) in [6, 6.07) is 20.0. The summed E-state index contributed by atoms with van der Waals surface area (Å²) in [5.74, 6) is 1.55. The maximum atomic E-state index is 12.6. The minimum Gasteiger partial charge on any atom is -0.496 e. The molecular formula is C25H24N2O3. The number of para-hydroxylation sites is 2. The average Bonchev–Trinajstić information content (AvgIpc) is 2.95. The molecule has 3 aromatic carbocycles. The summed E-state index contributed by atoms with van der Waals surface area (Å²) in [6.07, 6.45) is 2.08. The van der Waals surface area contributed by atoms with Gasteiger partial charge < -0.3 is 9.47 Å². The van der Waals surface area contributed by atoms with Crippen molar-refractivity contribution >= 4 is 12.1 Å². The molecule has 5 nitrogen and oxygen atoms in total. The van der Waals surface area contributed by atoms with E-state index >= 15 is 0 Å². The van der Waals surface area contributed by atoms with Crippen molar-refractivity contribution in [2.75, 3.05) is 20.8 Å². The van der Waals surface area contributed by atoms with E-state index in [0.29, 0.717) is 13.0 Å². The molecule has 0 radical (unpaired) electrons. The van der Waals surface area contributed by atoms with Crippen LogP contribution in [0.4, 0.5) is 0 Å². The molecule has 0 aromatic heterocycles. The molecule has 152 valence electrons. The van der Waals surface area contributed by atoms with Gasteiger partial charge in [0.1, 0.15) is 11.5 Å². The number of methoxy groups -OCH3 is 2. The van der Waals surface area contributed by atoms with Crippen LogP contribution in [0, 0.1) is 0 Å². The monoisotopic (exact) mass is 400 g/mol. The summed E-state index contributed by atoms with van der Waals surface area (Å²) in [4.78, 5) is 12.6. The van der Waals surface area contributed by atoms with Gasteiger partial charge in [-0.1, -0.05) is 36.4 Å². The smallest absolute Gasteiger partial charge is 0.247 e. The largest absolute Gasteiger partial charge is 0.496 e. The molecule has 0 N–H and O–H groups in total. The number of fused-ring (bicyclic) bond motifs is 1. The summed E-state index contributed by atoms with van der Waals surface area (Å²) in [5.41, 5.74) is 5.80. The molecule has 0 spiro atoms. The summed E-state index contributed by atoms with van der Waals surface area (Å²) in [7, 11) is 3.34. The van der Waals surface area contributed by atoms with Crippen molar-refractivity contribution < 1.29 is 14.3 Å². The fourth-order valence-corrected chi connectivity index (χ4v) is 3.82. The van der Waals surface area contributed by atoms with Gasteiger partial charge in [0, 0.05) is 17.7 Å². The highest BCUT2D eigenvalue weighted by atomic mass is 16.5. The number of rotatable bonds is 5. The Morgan fingerprint density at radius 2 is 1.43 bits per heavy atom. The van der Waals surface area contributed by atoms with Crippen LogP contribution in [0.25, 0.3) is 22.3 Å². The van der Waals surface area contributed by atoms with Crippen LogP contribution < -0.4 is 9.47 Å². The third-order valence-corrected chi connectivity index (χ3v) is 5.34. The van der Waals surface area contributed by atoms with Gasteiger partial charge in [0.15, 0.2) is 0 Å². The number of hydrazone groups is 1. The number of benzene rings is 3. The van der Waals surface area contributed by atoms with Crippen LogP contribution in [-0.2, 0) is 11.2 Å². The normalized spacial score (nSPS) is 13.0. The van der Waals surface area contributed by atoms with Gasteiger partial charge in [-0.15, -0.1) is 0 Å². The second-order valence-electron chi connectivity index (χ2n) is 7.03. The van der Waals surface area contributed by atoms with Crippen LogP contribution in [0.15, 0.2) is 65.8 Å². The predicted molar refractivity (Wildman–Crippen MR) is 119 cm³/mol. The van der Waals surface area contributed by atoms with E-state index in [1.165, 1.54) is 5.01 Å². The third-order valence-electron chi connectivity index (χ3n) is 5.34. The van der Waals surface area contributed by atoms with Crippen LogP contribution in [0.3, 0.4) is 0 Å². The first kappa shape index (κ1) is 19.7. The second kappa shape index (κ2) is 8.41. The first-order valence-corrected chi connectivity index (χ1v) is 9.94. The van der Waals surface area contributed by atoms with E-state index in [2.05, 4.69) is 17.2 Å². The van der Waals surface area contributed by atoms with Gasteiger partial charge in [0.25, 0.3) is 0 Å². The van der Waals surface area contributed by atoms with Crippen molar-refractivity contribution in [3.8, 4) is 33.8 Å². The van der Waals surface area contributed by atoms with Gasteiger partial charge in [-0.05, 0) is 53.4 Å². The molecule has 0 bridgehead atoms. The molecule has 1 aliphatic heterocycles.